The fourth-order valence-electron chi connectivity index (χ4n) is 3.47. The third kappa shape index (κ3) is 3.95. The van der Waals surface area contributed by atoms with Gasteiger partial charge in [0.25, 0.3) is 0 Å². The fraction of sp³-hybridized carbons (Fsp3) is 0.200. The van der Waals surface area contributed by atoms with Crippen LogP contribution in [0.3, 0.4) is 0 Å². The number of anilines is 2. The van der Waals surface area contributed by atoms with Crippen molar-refractivity contribution >= 4 is 17.6 Å². The number of tetrazole rings is 1. The number of carbonyl (C=O) groups is 1. The molecule has 0 spiro atoms. The van der Waals surface area contributed by atoms with Gasteiger partial charge < -0.3 is 14.6 Å². The SMILES string of the molecule is Cn1nnnc1-c1ccc(-c2c(F)cc(N3CC(CNc4ccon4)OC3=O)cc2F)cn1. The molecule has 1 atom stereocenters. The molecule has 1 saturated heterocycles. The highest BCUT2D eigenvalue weighted by Crippen LogP contribution is 2.32. The molecular weight excluding hydrogens is 438 g/mol. The fourth-order valence-corrected chi connectivity index (χ4v) is 3.47. The first kappa shape index (κ1) is 20.5. The van der Waals surface area contributed by atoms with Gasteiger partial charge in [0.1, 0.15) is 29.7 Å². The molecule has 0 radical (unpaired) electrons. The second-order valence-electron chi connectivity index (χ2n) is 7.22. The molecule has 168 valence electrons. The molecule has 4 heterocycles. The second-order valence-corrected chi connectivity index (χ2v) is 7.22. The zero-order valence-electron chi connectivity index (χ0n) is 17.1. The number of pyridine rings is 1. The summed E-state index contributed by atoms with van der Waals surface area (Å²) in [5.41, 5.74) is 0.478. The Labute approximate surface area is 185 Å². The molecule has 1 N–H and O–H groups in total. The molecular formula is C20H16F2N8O3. The number of amides is 1. The van der Waals surface area contributed by atoms with Crippen molar-refractivity contribution in [2.24, 2.45) is 7.05 Å². The van der Waals surface area contributed by atoms with E-state index in [1.165, 1.54) is 28.1 Å². The smallest absolute Gasteiger partial charge is 0.414 e. The van der Waals surface area contributed by atoms with Crippen molar-refractivity contribution in [3.63, 3.8) is 0 Å². The minimum Gasteiger partial charge on any atom is -0.442 e. The van der Waals surface area contributed by atoms with Crippen molar-refractivity contribution in [3.05, 3.63) is 54.4 Å². The van der Waals surface area contributed by atoms with E-state index in [1.54, 1.807) is 19.2 Å². The number of aromatic nitrogens is 6. The van der Waals surface area contributed by atoms with E-state index < -0.39 is 23.8 Å². The predicted molar refractivity (Wildman–Crippen MR) is 110 cm³/mol. The van der Waals surface area contributed by atoms with Crippen LogP contribution in [0.5, 0.6) is 0 Å². The van der Waals surface area contributed by atoms with E-state index >= 15 is 0 Å². The first-order valence-corrected chi connectivity index (χ1v) is 9.80. The summed E-state index contributed by atoms with van der Waals surface area (Å²) in [6, 6.07) is 6.89. The largest absolute Gasteiger partial charge is 0.442 e. The molecule has 0 aliphatic carbocycles. The van der Waals surface area contributed by atoms with E-state index in [9.17, 15) is 13.6 Å². The Bertz CT molecular complexity index is 1270. The highest BCUT2D eigenvalue weighted by atomic mass is 19.1. The van der Waals surface area contributed by atoms with E-state index in [4.69, 9.17) is 9.26 Å². The highest BCUT2D eigenvalue weighted by molar-refractivity contribution is 5.90. The average molecular weight is 454 g/mol. The zero-order valence-corrected chi connectivity index (χ0v) is 17.1. The maximum Gasteiger partial charge on any atom is 0.414 e. The summed E-state index contributed by atoms with van der Waals surface area (Å²) < 4.78 is 41.3. The van der Waals surface area contributed by atoms with Gasteiger partial charge in [-0.05, 0) is 28.6 Å². The summed E-state index contributed by atoms with van der Waals surface area (Å²) in [5, 5.41) is 17.8. The summed E-state index contributed by atoms with van der Waals surface area (Å²) in [4.78, 5) is 17.6. The standard InChI is InChI=1S/C20H16F2N8O3/c1-29-19(25-27-28-29)16-3-2-11(8-23-16)18-14(21)6-12(7-15(18)22)30-10-13(33-20(30)31)9-24-17-4-5-32-26-17/h2-8,13H,9-10H2,1H3,(H,24,26). The third-order valence-electron chi connectivity index (χ3n) is 5.06. The lowest BCUT2D eigenvalue weighted by Crippen LogP contribution is -2.27. The van der Waals surface area contributed by atoms with Gasteiger partial charge in [0.2, 0.25) is 0 Å². The molecule has 1 fully saturated rings. The van der Waals surface area contributed by atoms with Crippen LogP contribution >= 0.6 is 0 Å². The summed E-state index contributed by atoms with van der Waals surface area (Å²) >= 11 is 0. The number of cyclic esters (lactones) is 1. The van der Waals surface area contributed by atoms with Gasteiger partial charge in [0, 0.05) is 24.9 Å². The van der Waals surface area contributed by atoms with Crippen LogP contribution in [0.4, 0.5) is 25.1 Å². The quantitative estimate of drug-likeness (QED) is 0.468. The van der Waals surface area contributed by atoms with Gasteiger partial charge in [0.05, 0.1) is 24.3 Å². The van der Waals surface area contributed by atoms with Crippen LogP contribution in [-0.4, -0.2) is 55.6 Å². The number of ether oxygens (including phenoxy) is 1. The Morgan fingerprint density at radius 3 is 2.67 bits per heavy atom. The molecule has 0 bridgehead atoms. The van der Waals surface area contributed by atoms with Crippen LogP contribution in [0, 0.1) is 11.6 Å². The molecule has 5 rings (SSSR count). The Balaban J connectivity index is 1.34. The minimum atomic E-state index is -0.836. The molecule has 1 aliphatic rings. The molecule has 11 nitrogen and oxygen atoms in total. The van der Waals surface area contributed by atoms with Gasteiger partial charge in [-0.25, -0.2) is 18.3 Å². The molecule has 1 amide bonds. The van der Waals surface area contributed by atoms with E-state index in [-0.39, 0.29) is 29.9 Å². The van der Waals surface area contributed by atoms with Crippen LogP contribution in [0.25, 0.3) is 22.6 Å². The Hall–Kier alpha value is -4.42. The van der Waals surface area contributed by atoms with E-state index in [1.807, 2.05) is 0 Å². The van der Waals surface area contributed by atoms with Crippen molar-refractivity contribution < 1.29 is 22.8 Å². The number of hydrogen-bond acceptors (Lipinski definition) is 9. The van der Waals surface area contributed by atoms with Crippen LogP contribution in [0.15, 0.2) is 47.3 Å². The van der Waals surface area contributed by atoms with E-state index in [2.05, 4.69) is 31.0 Å². The number of nitrogens with one attached hydrogen (secondary N) is 1. The maximum absolute atomic E-state index is 14.9. The van der Waals surface area contributed by atoms with Crippen LogP contribution in [0.1, 0.15) is 0 Å². The third-order valence-corrected chi connectivity index (χ3v) is 5.06. The molecule has 33 heavy (non-hydrogen) atoms. The van der Waals surface area contributed by atoms with Gasteiger partial charge in [-0.2, -0.15) is 0 Å². The monoisotopic (exact) mass is 454 g/mol. The van der Waals surface area contributed by atoms with E-state index in [0.29, 0.717) is 17.3 Å². The minimum absolute atomic E-state index is 0.0532. The number of benzene rings is 1. The van der Waals surface area contributed by atoms with Crippen molar-refractivity contribution in [1.82, 2.24) is 30.3 Å². The molecule has 1 unspecified atom stereocenters. The van der Waals surface area contributed by atoms with Crippen molar-refractivity contribution in [3.8, 4) is 22.6 Å². The maximum atomic E-state index is 14.9. The lowest BCUT2D eigenvalue weighted by atomic mass is 10.0. The zero-order chi connectivity index (χ0) is 22.9. The number of carbonyl (C=O) groups excluding carboxylic acids is 1. The van der Waals surface area contributed by atoms with Crippen molar-refractivity contribution in [2.45, 2.75) is 6.10 Å². The average Bonchev–Trinajstić information content (AvgIpc) is 3.54. The summed E-state index contributed by atoms with van der Waals surface area (Å²) in [5.74, 6) is -0.771. The first-order valence-electron chi connectivity index (χ1n) is 9.80. The predicted octanol–water partition coefficient (Wildman–Crippen LogP) is 2.64. The van der Waals surface area contributed by atoms with Gasteiger partial charge in [-0.1, -0.05) is 11.2 Å². The van der Waals surface area contributed by atoms with Gasteiger partial charge in [-0.15, -0.1) is 5.10 Å². The summed E-state index contributed by atoms with van der Waals surface area (Å²) in [6.45, 7) is 0.376. The van der Waals surface area contributed by atoms with Gasteiger partial charge in [0.15, 0.2) is 11.6 Å². The first-order chi connectivity index (χ1) is 16.0. The van der Waals surface area contributed by atoms with Crippen molar-refractivity contribution in [1.29, 1.82) is 0 Å². The van der Waals surface area contributed by atoms with Gasteiger partial charge in [-0.3, -0.25) is 9.88 Å². The number of nitrogens with zero attached hydrogens (tertiary/aromatic N) is 7. The molecule has 1 aromatic carbocycles. The van der Waals surface area contributed by atoms with Crippen molar-refractivity contribution in [2.75, 3.05) is 23.3 Å². The molecule has 13 heteroatoms. The normalized spacial score (nSPS) is 15.7. The lowest BCUT2D eigenvalue weighted by molar-refractivity contribution is 0.147. The number of halogens is 2. The lowest BCUT2D eigenvalue weighted by Gasteiger charge is -2.15. The highest BCUT2D eigenvalue weighted by Gasteiger charge is 2.33. The number of rotatable bonds is 6. The number of hydrogen-bond donors (Lipinski definition) is 1. The topological polar surface area (TPSA) is 124 Å². The molecule has 0 saturated carbocycles. The summed E-state index contributed by atoms with van der Waals surface area (Å²) in [7, 11) is 1.65. The molecule has 4 aromatic rings. The Morgan fingerprint density at radius 2 is 2.03 bits per heavy atom. The second kappa shape index (κ2) is 8.26. The van der Waals surface area contributed by atoms with Gasteiger partial charge >= 0.3 is 6.09 Å². The van der Waals surface area contributed by atoms with Crippen LogP contribution in [-0.2, 0) is 11.8 Å². The molecule has 1 aliphatic heterocycles. The Morgan fingerprint density at radius 1 is 1.21 bits per heavy atom. The molecule has 3 aromatic heterocycles. The van der Waals surface area contributed by atoms with E-state index in [0.717, 1.165) is 12.1 Å². The van der Waals surface area contributed by atoms with Crippen LogP contribution < -0.4 is 10.2 Å². The van der Waals surface area contributed by atoms with Crippen LogP contribution in [0.2, 0.25) is 0 Å². The Kier molecular flexibility index (Phi) is 5.12. The number of aryl methyl sites for hydroxylation is 1. The summed E-state index contributed by atoms with van der Waals surface area (Å²) in [6.07, 6.45) is 1.50.